The summed E-state index contributed by atoms with van der Waals surface area (Å²) < 4.78 is 5.73. The summed E-state index contributed by atoms with van der Waals surface area (Å²) in [6.07, 6.45) is 1.66. The van der Waals surface area contributed by atoms with Crippen molar-refractivity contribution in [1.82, 2.24) is 5.43 Å². The molecule has 2 N–H and O–H groups in total. The zero-order valence-corrected chi connectivity index (χ0v) is 13.3. The molecule has 0 aliphatic heterocycles. The Labute approximate surface area is 139 Å². The average Bonchev–Trinajstić information content (AvgIpc) is 2.51. The SMILES string of the molecule is OCCNN=Cc1cccc(OCc2ccc(Cl)cc2Cl)c1. The van der Waals surface area contributed by atoms with Crippen LogP contribution in [0.2, 0.25) is 10.0 Å². The van der Waals surface area contributed by atoms with Gasteiger partial charge in [0.05, 0.1) is 19.4 Å². The summed E-state index contributed by atoms with van der Waals surface area (Å²) in [5, 5.41) is 13.8. The molecule has 0 saturated heterocycles. The van der Waals surface area contributed by atoms with Crippen molar-refractivity contribution in [2.24, 2.45) is 5.10 Å². The number of nitrogens with zero attached hydrogens (tertiary/aromatic N) is 1. The van der Waals surface area contributed by atoms with Crippen molar-refractivity contribution in [2.75, 3.05) is 13.2 Å². The molecule has 0 fully saturated rings. The molecule has 2 aromatic carbocycles. The Balaban J connectivity index is 1.96. The van der Waals surface area contributed by atoms with E-state index in [2.05, 4.69) is 10.5 Å². The lowest BCUT2D eigenvalue weighted by atomic mass is 10.2. The number of benzene rings is 2. The van der Waals surface area contributed by atoms with E-state index < -0.39 is 0 Å². The third-order valence-corrected chi connectivity index (χ3v) is 3.38. The second-order valence-electron chi connectivity index (χ2n) is 4.49. The number of nitrogens with one attached hydrogen (secondary N) is 1. The summed E-state index contributed by atoms with van der Waals surface area (Å²) >= 11 is 12.0. The molecule has 0 unspecified atom stereocenters. The zero-order chi connectivity index (χ0) is 15.8. The highest BCUT2D eigenvalue weighted by Crippen LogP contribution is 2.22. The molecule has 0 radical (unpaired) electrons. The van der Waals surface area contributed by atoms with Gasteiger partial charge in [0.25, 0.3) is 0 Å². The van der Waals surface area contributed by atoms with Crippen LogP contribution in [0.5, 0.6) is 5.75 Å². The van der Waals surface area contributed by atoms with Crippen LogP contribution in [-0.2, 0) is 6.61 Å². The van der Waals surface area contributed by atoms with Gasteiger partial charge in [0.2, 0.25) is 0 Å². The van der Waals surface area contributed by atoms with Gasteiger partial charge < -0.3 is 15.3 Å². The second kappa shape index (κ2) is 8.63. The van der Waals surface area contributed by atoms with E-state index in [1.807, 2.05) is 30.3 Å². The summed E-state index contributed by atoms with van der Waals surface area (Å²) in [5.41, 5.74) is 4.49. The molecule has 0 heterocycles. The Kier molecular flexibility index (Phi) is 6.52. The first-order valence-corrected chi connectivity index (χ1v) is 7.48. The molecule has 116 valence electrons. The van der Waals surface area contributed by atoms with Crippen LogP contribution < -0.4 is 10.2 Å². The molecule has 0 bridgehead atoms. The van der Waals surface area contributed by atoms with Crippen molar-refractivity contribution < 1.29 is 9.84 Å². The quantitative estimate of drug-likeness (QED) is 0.461. The second-order valence-corrected chi connectivity index (χ2v) is 5.33. The number of hydrogen-bond acceptors (Lipinski definition) is 4. The van der Waals surface area contributed by atoms with Gasteiger partial charge in [-0.3, -0.25) is 0 Å². The Bertz CT molecular complexity index is 648. The van der Waals surface area contributed by atoms with Crippen LogP contribution in [0.3, 0.4) is 0 Å². The van der Waals surface area contributed by atoms with Gasteiger partial charge in [-0.1, -0.05) is 41.4 Å². The summed E-state index contributed by atoms with van der Waals surface area (Å²) in [7, 11) is 0. The molecule has 4 nitrogen and oxygen atoms in total. The third-order valence-electron chi connectivity index (χ3n) is 2.80. The van der Waals surface area contributed by atoms with E-state index in [4.69, 9.17) is 33.0 Å². The molecule has 0 saturated carbocycles. The smallest absolute Gasteiger partial charge is 0.120 e. The van der Waals surface area contributed by atoms with Gasteiger partial charge in [-0.2, -0.15) is 5.10 Å². The topological polar surface area (TPSA) is 53.8 Å². The fourth-order valence-corrected chi connectivity index (χ4v) is 2.18. The lowest BCUT2D eigenvalue weighted by molar-refractivity contribution is 0.293. The van der Waals surface area contributed by atoms with E-state index in [0.717, 1.165) is 16.9 Å². The first kappa shape index (κ1) is 16.6. The van der Waals surface area contributed by atoms with Crippen molar-refractivity contribution in [3.05, 3.63) is 63.6 Å². The third kappa shape index (κ3) is 5.22. The van der Waals surface area contributed by atoms with Gasteiger partial charge in [-0.25, -0.2) is 0 Å². The maximum absolute atomic E-state index is 8.65. The van der Waals surface area contributed by atoms with Crippen molar-refractivity contribution in [1.29, 1.82) is 0 Å². The van der Waals surface area contributed by atoms with Crippen LogP contribution >= 0.6 is 23.2 Å². The van der Waals surface area contributed by atoms with Crippen molar-refractivity contribution >= 4 is 29.4 Å². The number of rotatable bonds is 7. The maximum Gasteiger partial charge on any atom is 0.120 e. The van der Waals surface area contributed by atoms with Gasteiger partial charge in [0.1, 0.15) is 12.4 Å². The standard InChI is InChI=1S/C16H16Cl2N2O2/c17-14-5-4-13(16(18)9-14)11-22-15-3-1-2-12(8-15)10-20-19-6-7-21/h1-5,8-10,19,21H,6-7,11H2. The summed E-state index contributed by atoms with van der Waals surface area (Å²) in [4.78, 5) is 0. The molecule has 2 aromatic rings. The van der Waals surface area contributed by atoms with Crippen LogP contribution in [0, 0.1) is 0 Å². The van der Waals surface area contributed by atoms with Gasteiger partial charge in [0.15, 0.2) is 0 Å². The van der Waals surface area contributed by atoms with Crippen molar-refractivity contribution in [3.63, 3.8) is 0 Å². The highest BCUT2D eigenvalue weighted by atomic mass is 35.5. The van der Waals surface area contributed by atoms with E-state index in [9.17, 15) is 0 Å². The minimum Gasteiger partial charge on any atom is -0.489 e. The van der Waals surface area contributed by atoms with Crippen LogP contribution in [0.25, 0.3) is 0 Å². The highest BCUT2D eigenvalue weighted by Gasteiger charge is 2.03. The molecule has 0 atom stereocenters. The first-order chi connectivity index (χ1) is 10.7. The van der Waals surface area contributed by atoms with Gasteiger partial charge in [-0.15, -0.1) is 0 Å². The number of ether oxygens (including phenoxy) is 1. The lowest BCUT2D eigenvalue weighted by Crippen LogP contribution is -2.11. The van der Waals surface area contributed by atoms with Crippen LogP contribution in [-0.4, -0.2) is 24.5 Å². The van der Waals surface area contributed by atoms with Gasteiger partial charge in [-0.05, 0) is 29.8 Å². The monoisotopic (exact) mass is 338 g/mol. The molecular formula is C16H16Cl2N2O2. The minimum atomic E-state index is 0.0440. The van der Waals surface area contributed by atoms with E-state index in [0.29, 0.717) is 23.2 Å². The van der Waals surface area contributed by atoms with Crippen LogP contribution in [0.15, 0.2) is 47.6 Å². The predicted molar refractivity (Wildman–Crippen MR) is 89.9 cm³/mol. The molecule has 0 aliphatic carbocycles. The maximum atomic E-state index is 8.65. The molecule has 2 rings (SSSR count). The Morgan fingerprint density at radius 3 is 2.82 bits per heavy atom. The zero-order valence-electron chi connectivity index (χ0n) is 11.8. The minimum absolute atomic E-state index is 0.0440. The molecule has 0 aliphatic rings. The molecule has 6 heteroatoms. The van der Waals surface area contributed by atoms with Crippen LogP contribution in [0.4, 0.5) is 0 Å². The number of hydrazone groups is 1. The predicted octanol–water partition coefficient (Wildman–Crippen LogP) is 3.49. The van der Waals surface area contributed by atoms with Crippen molar-refractivity contribution in [2.45, 2.75) is 6.61 Å². The van der Waals surface area contributed by atoms with E-state index in [-0.39, 0.29) is 6.61 Å². The number of aliphatic hydroxyl groups excluding tert-OH is 1. The van der Waals surface area contributed by atoms with Gasteiger partial charge in [0, 0.05) is 15.6 Å². The van der Waals surface area contributed by atoms with E-state index in [1.54, 1.807) is 18.3 Å². The summed E-state index contributed by atoms with van der Waals surface area (Å²) in [6.45, 7) is 0.823. The fraction of sp³-hybridized carbons (Fsp3) is 0.188. The fourth-order valence-electron chi connectivity index (χ4n) is 1.72. The largest absolute Gasteiger partial charge is 0.489 e. The number of halogens is 2. The summed E-state index contributed by atoms with van der Waals surface area (Å²) in [5.74, 6) is 0.720. The highest BCUT2D eigenvalue weighted by molar-refractivity contribution is 6.35. The Morgan fingerprint density at radius 1 is 1.18 bits per heavy atom. The Morgan fingerprint density at radius 2 is 2.05 bits per heavy atom. The Hall–Kier alpha value is -1.75. The van der Waals surface area contributed by atoms with Crippen LogP contribution in [0.1, 0.15) is 11.1 Å². The van der Waals surface area contributed by atoms with E-state index in [1.165, 1.54) is 0 Å². The first-order valence-electron chi connectivity index (χ1n) is 6.72. The molecular weight excluding hydrogens is 323 g/mol. The summed E-state index contributed by atoms with van der Waals surface area (Å²) in [6, 6.07) is 12.8. The molecule has 0 aromatic heterocycles. The van der Waals surface area contributed by atoms with E-state index >= 15 is 0 Å². The average molecular weight is 339 g/mol. The number of aliphatic hydroxyl groups is 1. The molecule has 0 spiro atoms. The number of hydrogen-bond donors (Lipinski definition) is 2. The van der Waals surface area contributed by atoms with Gasteiger partial charge >= 0.3 is 0 Å². The van der Waals surface area contributed by atoms with Crippen molar-refractivity contribution in [3.8, 4) is 5.75 Å². The molecule has 0 amide bonds. The lowest BCUT2D eigenvalue weighted by Gasteiger charge is -2.08. The normalized spacial score (nSPS) is 10.9. The molecule has 22 heavy (non-hydrogen) atoms.